The van der Waals surface area contributed by atoms with E-state index >= 15 is 0 Å². The number of esters is 1. The third kappa shape index (κ3) is 13.2. The molecule has 1 aliphatic heterocycles. The first kappa shape index (κ1) is 35.6. The minimum absolute atomic E-state index is 0.342. The number of ether oxygens (including phenoxy) is 3. The number of rotatable bonds is 17. The van der Waals surface area contributed by atoms with E-state index in [4.69, 9.17) is 14.2 Å². The van der Waals surface area contributed by atoms with Crippen LogP contribution in [0.1, 0.15) is 39.5 Å². The van der Waals surface area contributed by atoms with E-state index in [-0.39, 0.29) is 5.97 Å². The van der Waals surface area contributed by atoms with Crippen LogP contribution in [0.25, 0.3) is 0 Å². The van der Waals surface area contributed by atoms with Crippen LogP contribution >= 0.6 is 23.5 Å². The second-order valence-electron chi connectivity index (χ2n) is 12.7. The summed E-state index contributed by atoms with van der Waals surface area (Å²) in [5.41, 5.74) is 1.22. The van der Waals surface area contributed by atoms with Crippen LogP contribution in [-0.4, -0.2) is 86.3 Å². The van der Waals surface area contributed by atoms with E-state index in [1.54, 1.807) is 0 Å². The van der Waals surface area contributed by atoms with E-state index in [2.05, 4.69) is 61.0 Å². The van der Waals surface area contributed by atoms with E-state index < -0.39 is 42.6 Å². The molecule has 0 spiro atoms. The van der Waals surface area contributed by atoms with Crippen molar-refractivity contribution in [1.82, 2.24) is 0 Å². The van der Waals surface area contributed by atoms with Gasteiger partial charge >= 0.3 is 191 Å². The summed E-state index contributed by atoms with van der Waals surface area (Å²) in [6.45, 7) is 17.5. The molecule has 0 aromatic rings. The molecule has 0 saturated carbocycles. The Morgan fingerprint density at radius 3 is 2.35 bits per heavy atom. The van der Waals surface area contributed by atoms with Gasteiger partial charge in [0.25, 0.3) is 0 Å². The van der Waals surface area contributed by atoms with Gasteiger partial charge in [-0.1, -0.05) is 19.6 Å². The molecule has 0 unspecified atom stereocenters. The maximum atomic E-state index is 12.9. The van der Waals surface area contributed by atoms with Crippen LogP contribution in [0.4, 0.5) is 0 Å². The van der Waals surface area contributed by atoms with E-state index in [9.17, 15) is 9.90 Å². The Balaban J connectivity index is 2.72. The van der Waals surface area contributed by atoms with Gasteiger partial charge in [-0.05, 0) is 6.04 Å². The fourth-order valence-electron chi connectivity index (χ4n) is 4.27. The van der Waals surface area contributed by atoms with Crippen molar-refractivity contribution >= 4 is 55.9 Å². The molecule has 0 radical (unpaired) electrons. The van der Waals surface area contributed by atoms with Crippen molar-refractivity contribution in [3.8, 4) is 0 Å². The van der Waals surface area contributed by atoms with E-state index in [0.717, 1.165) is 53.4 Å². The Hall–Kier alpha value is 0.546. The summed E-state index contributed by atoms with van der Waals surface area (Å²) in [7, 11) is 0.358. The monoisotopic (exact) mass is 682 g/mol. The number of carbonyl (C=O) groups excluding carboxylic acids is 1. The molecular weight excluding hydrogens is 627 g/mol. The van der Waals surface area contributed by atoms with Gasteiger partial charge in [-0.25, -0.2) is 0 Å². The number of methoxy groups -OCH3 is 1. The van der Waals surface area contributed by atoms with E-state index in [1.165, 1.54) is 12.7 Å². The summed E-state index contributed by atoms with van der Waals surface area (Å²) < 4.78 is 17.0. The van der Waals surface area contributed by atoms with Crippen molar-refractivity contribution in [3.05, 3.63) is 21.8 Å². The molecule has 0 amide bonds. The first-order valence-corrected chi connectivity index (χ1v) is 29.3. The second kappa shape index (κ2) is 16.7. The van der Waals surface area contributed by atoms with Crippen molar-refractivity contribution in [1.29, 1.82) is 0 Å². The van der Waals surface area contributed by atoms with Gasteiger partial charge in [-0.3, -0.25) is 0 Å². The summed E-state index contributed by atoms with van der Waals surface area (Å²) in [6.07, 6.45) is 5.45. The predicted molar refractivity (Wildman–Crippen MR) is 168 cm³/mol. The van der Waals surface area contributed by atoms with Gasteiger partial charge in [0.1, 0.15) is 6.79 Å². The van der Waals surface area contributed by atoms with Crippen LogP contribution in [0.5, 0.6) is 0 Å². The fraction of sp³-hybridized carbons (Fsp3) is 0.821. The van der Waals surface area contributed by atoms with Crippen molar-refractivity contribution in [3.63, 3.8) is 0 Å². The van der Waals surface area contributed by atoms with Crippen molar-refractivity contribution < 1.29 is 24.1 Å². The number of aliphatic hydroxyl groups is 1. The molecule has 5 nitrogen and oxygen atoms in total. The molecule has 1 rings (SSSR count). The van der Waals surface area contributed by atoms with Crippen molar-refractivity contribution in [2.75, 3.05) is 38.6 Å². The SMILES string of the molecule is C=[C]([C@@H](C(=O)OC)[C@H](O)C1(C[C@@H](C)CC/C=C(\C)COCOCC[Si](C)(C)C)SCCCS1)[Sn]([CH3])([CH3])[CH3]. The van der Waals surface area contributed by atoms with Crippen LogP contribution < -0.4 is 0 Å². The summed E-state index contributed by atoms with van der Waals surface area (Å²) in [5, 5.41) is 11.8. The van der Waals surface area contributed by atoms with Gasteiger partial charge in [0.2, 0.25) is 0 Å². The van der Waals surface area contributed by atoms with Crippen molar-refractivity contribution in [2.45, 2.75) is 90.2 Å². The average Bonchev–Trinajstić information content (AvgIpc) is 2.80. The Morgan fingerprint density at radius 1 is 1.19 bits per heavy atom. The van der Waals surface area contributed by atoms with Crippen LogP contribution in [0.15, 0.2) is 21.8 Å². The predicted octanol–water partition coefficient (Wildman–Crippen LogP) is 7.22. The standard InChI is InChI=1S/C25H45O5S2Si.3CH3.Sn/c1-8-22(24(27)28-4)23(26)25(31-14-10-15-32-25)17-20(2)11-9-12-21(3)18-30-19-29-13-16-33(5,6)7;;;;/h12,20,22-23,26H,1,9-11,13-19H2,2-7H3;3*1H3;/b21-12+;;;;/t20-,22+,23-;;;;/m0..../s1. The van der Waals surface area contributed by atoms with Gasteiger partial charge in [0.05, 0.1) is 0 Å². The fourth-order valence-corrected chi connectivity index (χ4v) is 12.2. The first-order valence-electron chi connectivity index (χ1n) is 13.7. The molecule has 0 aromatic heterocycles. The average molecular weight is 682 g/mol. The zero-order valence-corrected chi connectivity index (χ0v) is 30.5. The number of allylic oxidation sites excluding steroid dienone is 1. The van der Waals surface area contributed by atoms with Gasteiger partial charge in [-0.15, -0.1) is 0 Å². The Bertz CT molecular complexity index is 742. The van der Waals surface area contributed by atoms with Gasteiger partial charge in [0.15, 0.2) is 0 Å². The number of carbonyl (C=O) groups is 1. The van der Waals surface area contributed by atoms with Crippen LogP contribution in [-0.2, 0) is 19.0 Å². The molecule has 1 saturated heterocycles. The Morgan fingerprint density at radius 2 is 1.81 bits per heavy atom. The molecule has 9 heteroatoms. The Labute approximate surface area is 241 Å². The van der Waals surface area contributed by atoms with Gasteiger partial charge < -0.3 is 4.74 Å². The molecule has 1 fully saturated rings. The number of hydrogen-bond acceptors (Lipinski definition) is 7. The molecular formula is C28H54O5S2SiSn. The van der Waals surface area contributed by atoms with Crippen LogP contribution in [0.3, 0.4) is 0 Å². The quantitative estimate of drug-likeness (QED) is 0.0572. The zero-order valence-electron chi connectivity index (χ0n) is 25.0. The molecule has 1 heterocycles. The molecule has 1 N–H and O–H groups in total. The third-order valence-corrected chi connectivity index (χ3v) is 18.4. The third-order valence-electron chi connectivity index (χ3n) is 6.82. The first-order chi connectivity index (χ1) is 17.1. The number of aliphatic hydroxyl groups excluding tert-OH is 1. The number of thioether (sulfide) groups is 2. The van der Waals surface area contributed by atoms with Gasteiger partial charge in [0, 0.05) is 14.7 Å². The normalized spacial score (nSPS) is 19.2. The maximum absolute atomic E-state index is 12.9. The summed E-state index contributed by atoms with van der Waals surface area (Å²) >= 11 is 1.000. The molecule has 3 atom stereocenters. The topological polar surface area (TPSA) is 65.0 Å². The second-order valence-corrected chi connectivity index (χ2v) is 36.1. The summed E-state index contributed by atoms with van der Waals surface area (Å²) in [5.74, 6) is 1.44. The number of hydrogen-bond donors (Lipinski definition) is 1. The molecule has 37 heavy (non-hydrogen) atoms. The molecule has 216 valence electrons. The summed E-state index contributed by atoms with van der Waals surface area (Å²) in [4.78, 5) is 19.6. The molecule has 1 aliphatic rings. The van der Waals surface area contributed by atoms with Crippen LogP contribution in [0, 0.1) is 11.8 Å². The molecule has 0 aliphatic carbocycles. The van der Waals surface area contributed by atoms with E-state index in [0.29, 0.717) is 19.3 Å². The van der Waals surface area contributed by atoms with E-state index in [1.807, 2.05) is 23.5 Å². The Kier molecular flexibility index (Phi) is 16.1. The summed E-state index contributed by atoms with van der Waals surface area (Å²) in [6, 6.07) is 1.16. The molecule has 0 aromatic carbocycles. The van der Waals surface area contributed by atoms with Gasteiger partial charge in [-0.2, -0.15) is 0 Å². The minimum atomic E-state index is -2.66. The molecule has 0 bridgehead atoms. The zero-order chi connectivity index (χ0) is 28.3. The van der Waals surface area contributed by atoms with Crippen LogP contribution in [0.2, 0.25) is 40.5 Å². The van der Waals surface area contributed by atoms with Crippen molar-refractivity contribution in [2.24, 2.45) is 11.8 Å².